The van der Waals surface area contributed by atoms with Gasteiger partial charge in [0, 0.05) is 10.6 Å². The molecule has 3 rings (SSSR count). The van der Waals surface area contributed by atoms with Gasteiger partial charge in [-0.05, 0) is 37.0 Å². The van der Waals surface area contributed by atoms with E-state index >= 15 is 0 Å². The van der Waals surface area contributed by atoms with Gasteiger partial charge in [0.1, 0.15) is 5.56 Å². The summed E-state index contributed by atoms with van der Waals surface area (Å²) in [7, 11) is 0. The van der Waals surface area contributed by atoms with Crippen LogP contribution in [0.5, 0.6) is 0 Å². The number of carbonyl (C=O) groups is 1. The Labute approximate surface area is 137 Å². The minimum atomic E-state index is -0.562. The highest BCUT2D eigenvalue weighted by atomic mass is 35.5. The molecule has 0 bridgehead atoms. The van der Waals surface area contributed by atoms with Crippen molar-refractivity contribution in [3.63, 3.8) is 0 Å². The van der Waals surface area contributed by atoms with Gasteiger partial charge in [0.05, 0.1) is 18.3 Å². The number of H-pyrrole nitrogens is 1. The molecular formula is C16H16ClN3O3. The Bertz CT molecular complexity index is 769. The third kappa shape index (κ3) is 3.60. The predicted octanol–water partition coefficient (Wildman–Crippen LogP) is 1.59. The summed E-state index contributed by atoms with van der Waals surface area (Å²) in [6.45, 7) is -0.135. The second-order valence-corrected chi connectivity index (χ2v) is 6.04. The van der Waals surface area contributed by atoms with Gasteiger partial charge in [-0.25, -0.2) is 5.10 Å². The van der Waals surface area contributed by atoms with E-state index < -0.39 is 11.5 Å². The monoisotopic (exact) mass is 333 g/mol. The van der Waals surface area contributed by atoms with Crippen LogP contribution >= 0.6 is 11.6 Å². The highest BCUT2D eigenvalue weighted by Gasteiger charge is 2.32. The Hall–Kier alpha value is -2.18. The lowest BCUT2D eigenvalue weighted by molar-refractivity contribution is 0.0906. The number of amides is 1. The summed E-state index contributed by atoms with van der Waals surface area (Å²) in [5, 5.41) is 18.9. The first-order valence-electron chi connectivity index (χ1n) is 7.36. The molecule has 1 fully saturated rings. The van der Waals surface area contributed by atoms with E-state index in [1.54, 1.807) is 24.3 Å². The van der Waals surface area contributed by atoms with Crippen LogP contribution in [0.1, 0.15) is 23.2 Å². The van der Waals surface area contributed by atoms with Crippen molar-refractivity contribution in [2.75, 3.05) is 6.61 Å². The third-order valence-electron chi connectivity index (χ3n) is 3.89. The lowest BCUT2D eigenvalue weighted by atomic mass is 10.1. The highest BCUT2D eigenvalue weighted by molar-refractivity contribution is 6.30. The molecule has 7 heteroatoms. The summed E-state index contributed by atoms with van der Waals surface area (Å²) >= 11 is 5.85. The predicted molar refractivity (Wildman–Crippen MR) is 86.4 cm³/mol. The van der Waals surface area contributed by atoms with Crippen molar-refractivity contribution in [3.8, 4) is 11.3 Å². The van der Waals surface area contributed by atoms with Crippen LogP contribution in [-0.2, 0) is 0 Å². The van der Waals surface area contributed by atoms with Crippen LogP contribution in [0.15, 0.2) is 35.1 Å². The van der Waals surface area contributed by atoms with Gasteiger partial charge < -0.3 is 10.4 Å². The summed E-state index contributed by atoms with van der Waals surface area (Å²) in [6, 6.07) is 8.06. The molecule has 6 nitrogen and oxygen atoms in total. The van der Waals surface area contributed by atoms with E-state index in [2.05, 4.69) is 15.5 Å². The third-order valence-corrected chi connectivity index (χ3v) is 4.14. The lowest BCUT2D eigenvalue weighted by Crippen LogP contribution is -2.41. The molecule has 1 aromatic heterocycles. The Kier molecular flexibility index (Phi) is 4.45. The minimum Gasteiger partial charge on any atom is -0.394 e. The normalized spacial score (nSPS) is 15.2. The molecule has 1 aliphatic rings. The first kappa shape index (κ1) is 15.7. The van der Waals surface area contributed by atoms with Gasteiger partial charge in [-0.3, -0.25) is 9.59 Å². The molecule has 0 saturated heterocycles. The number of aliphatic hydroxyl groups is 1. The Morgan fingerprint density at radius 1 is 1.39 bits per heavy atom. The number of aliphatic hydroxyl groups excluding tert-OH is 1. The van der Waals surface area contributed by atoms with E-state index in [1.807, 2.05) is 0 Å². The van der Waals surface area contributed by atoms with E-state index in [1.165, 1.54) is 6.07 Å². The molecule has 3 N–H and O–H groups in total. The van der Waals surface area contributed by atoms with Crippen molar-refractivity contribution >= 4 is 17.5 Å². The minimum absolute atomic E-state index is 0.0240. The number of halogens is 1. The van der Waals surface area contributed by atoms with Crippen molar-refractivity contribution in [1.29, 1.82) is 0 Å². The Balaban J connectivity index is 1.86. The van der Waals surface area contributed by atoms with Gasteiger partial charge in [-0.2, -0.15) is 5.10 Å². The van der Waals surface area contributed by atoms with Crippen LogP contribution < -0.4 is 10.9 Å². The van der Waals surface area contributed by atoms with Crippen molar-refractivity contribution in [2.45, 2.75) is 18.9 Å². The standard InChI is InChI=1S/C16H16ClN3O3/c17-11-5-3-9(4-6-11)13-7-12(16(23)20-19-13)15(22)18-14(8-21)10-1-2-10/h3-7,10,14,21H,1-2,8H2,(H,18,22)(H,20,23). The zero-order valence-electron chi connectivity index (χ0n) is 12.3. The summed E-state index contributed by atoms with van der Waals surface area (Å²) in [4.78, 5) is 24.2. The SMILES string of the molecule is O=C(NC(CO)C1CC1)c1cc(-c2ccc(Cl)cc2)n[nH]c1=O. The van der Waals surface area contributed by atoms with E-state index in [0.717, 1.165) is 18.4 Å². The number of hydrogen-bond donors (Lipinski definition) is 3. The molecule has 0 aliphatic heterocycles. The van der Waals surface area contributed by atoms with Gasteiger partial charge in [-0.1, -0.05) is 23.7 Å². The Morgan fingerprint density at radius 3 is 2.70 bits per heavy atom. The van der Waals surface area contributed by atoms with Crippen LogP contribution in [-0.4, -0.2) is 33.9 Å². The van der Waals surface area contributed by atoms with Crippen molar-refractivity contribution in [3.05, 3.63) is 51.3 Å². The number of benzene rings is 1. The quantitative estimate of drug-likeness (QED) is 0.774. The fraction of sp³-hybridized carbons (Fsp3) is 0.312. The topological polar surface area (TPSA) is 95.1 Å². The highest BCUT2D eigenvalue weighted by Crippen LogP contribution is 2.32. The molecule has 1 aromatic carbocycles. The maximum absolute atomic E-state index is 12.3. The van der Waals surface area contributed by atoms with Crippen LogP contribution in [0.3, 0.4) is 0 Å². The fourth-order valence-electron chi connectivity index (χ4n) is 2.40. The number of hydrogen-bond acceptors (Lipinski definition) is 4. The van der Waals surface area contributed by atoms with Gasteiger partial charge >= 0.3 is 0 Å². The number of aromatic amines is 1. The fourth-order valence-corrected chi connectivity index (χ4v) is 2.53. The number of nitrogens with one attached hydrogen (secondary N) is 2. The van der Waals surface area contributed by atoms with Crippen molar-refractivity contribution < 1.29 is 9.90 Å². The zero-order chi connectivity index (χ0) is 16.4. The van der Waals surface area contributed by atoms with Crippen molar-refractivity contribution in [1.82, 2.24) is 15.5 Å². The van der Waals surface area contributed by atoms with Crippen LogP contribution in [0.4, 0.5) is 0 Å². The summed E-state index contributed by atoms with van der Waals surface area (Å²) < 4.78 is 0. The molecule has 1 saturated carbocycles. The lowest BCUT2D eigenvalue weighted by Gasteiger charge is -2.15. The zero-order valence-corrected chi connectivity index (χ0v) is 13.0. The average molecular weight is 334 g/mol. The van der Waals surface area contributed by atoms with Crippen LogP contribution in [0, 0.1) is 5.92 Å². The molecule has 0 spiro atoms. The van der Waals surface area contributed by atoms with E-state index in [9.17, 15) is 14.7 Å². The molecule has 2 aromatic rings. The number of aromatic nitrogens is 2. The molecule has 0 radical (unpaired) electrons. The molecule has 23 heavy (non-hydrogen) atoms. The Morgan fingerprint density at radius 2 is 2.09 bits per heavy atom. The molecular weight excluding hydrogens is 318 g/mol. The largest absolute Gasteiger partial charge is 0.394 e. The maximum atomic E-state index is 12.3. The smallest absolute Gasteiger partial charge is 0.277 e. The van der Waals surface area contributed by atoms with Gasteiger partial charge in [0.2, 0.25) is 0 Å². The first-order valence-corrected chi connectivity index (χ1v) is 7.73. The first-order chi connectivity index (χ1) is 11.1. The summed E-state index contributed by atoms with van der Waals surface area (Å²) in [6.07, 6.45) is 1.96. The van der Waals surface area contributed by atoms with Crippen LogP contribution in [0.25, 0.3) is 11.3 Å². The van der Waals surface area contributed by atoms with E-state index in [0.29, 0.717) is 16.6 Å². The molecule has 1 heterocycles. The summed E-state index contributed by atoms with van der Waals surface area (Å²) in [5.74, 6) is -0.213. The molecule has 1 unspecified atom stereocenters. The molecule has 1 aliphatic carbocycles. The number of carbonyl (C=O) groups excluding carboxylic acids is 1. The molecule has 1 amide bonds. The van der Waals surface area contributed by atoms with Gasteiger partial charge in [0.25, 0.3) is 11.5 Å². The van der Waals surface area contributed by atoms with Crippen molar-refractivity contribution in [2.24, 2.45) is 5.92 Å². The molecule has 1 atom stereocenters. The van der Waals surface area contributed by atoms with Gasteiger partial charge in [-0.15, -0.1) is 0 Å². The average Bonchev–Trinajstić information content (AvgIpc) is 3.38. The summed E-state index contributed by atoms with van der Waals surface area (Å²) in [5.41, 5.74) is 0.621. The number of nitrogens with zero attached hydrogens (tertiary/aromatic N) is 1. The molecule has 120 valence electrons. The van der Waals surface area contributed by atoms with Crippen LogP contribution in [0.2, 0.25) is 5.02 Å². The number of rotatable bonds is 5. The second-order valence-electron chi connectivity index (χ2n) is 5.60. The van der Waals surface area contributed by atoms with E-state index in [4.69, 9.17) is 11.6 Å². The van der Waals surface area contributed by atoms with Gasteiger partial charge in [0.15, 0.2) is 0 Å². The maximum Gasteiger partial charge on any atom is 0.277 e. The van der Waals surface area contributed by atoms with E-state index in [-0.39, 0.29) is 18.2 Å². The second kappa shape index (κ2) is 6.52.